The molecule has 3 nitrogen and oxygen atoms in total. The lowest BCUT2D eigenvalue weighted by atomic mass is 9.80. The third kappa shape index (κ3) is 2.33. The van der Waals surface area contributed by atoms with Gasteiger partial charge in [-0.15, -0.1) is 0 Å². The van der Waals surface area contributed by atoms with Crippen molar-refractivity contribution in [1.29, 1.82) is 0 Å². The zero-order valence-electron chi connectivity index (χ0n) is 10.9. The third-order valence-corrected chi connectivity index (χ3v) is 4.32. The Labute approximate surface area is 104 Å². The van der Waals surface area contributed by atoms with E-state index in [-0.39, 0.29) is 0 Å². The predicted molar refractivity (Wildman–Crippen MR) is 70.1 cm³/mol. The molecule has 94 valence electrons. The molecule has 3 atom stereocenters. The monoisotopic (exact) mass is 233 g/mol. The average Bonchev–Trinajstić information content (AvgIpc) is 2.97. The normalized spacial score (nSPS) is 33.6. The second kappa shape index (κ2) is 4.35. The summed E-state index contributed by atoms with van der Waals surface area (Å²) in [5.41, 5.74) is 0. The van der Waals surface area contributed by atoms with Gasteiger partial charge in [-0.25, -0.2) is 4.98 Å². The molecule has 1 aromatic heterocycles. The van der Waals surface area contributed by atoms with E-state index in [2.05, 4.69) is 34.9 Å². The highest BCUT2D eigenvalue weighted by molar-refractivity contribution is 5.30. The maximum absolute atomic E-state index is 4.48. The number of nitrogens with one attached hydrogen (secondary N) is 1. The SMILES string of the molecule is CC1CCC(n2ccnc2NC2CC2)C(C)C1. The number of anilines is 1. The van der Waals surface area contributed by atoms with Crippen LogP contribution in [0.4, 0.5) is 5.95 Å². The van der Waals surface area contributed by atoms with Crippen LogP contribution < -0.4 is 5.32 Å². The maximum Gasteiger partial charge on any atom is 0.203 e. The minimum absolute atomic E-state index is 0.648. The Hall–Kier alpha value is -0.990. The fourth-order valence-corrected chi connectivity index (χ4v) is 3.17. The Kier molecular flexibility index (Phi) is 2.85. The molecule has 2 saturated carbocycles. The van der Waals surface area contributed by atoms with Crippen LogP contribution in [0.5, 0.6) is 0 Å². The molecule has 0 saturated heterocycles. The molecular weight excluding hydrogens is 210 g/mol. The average molecular weight is 233 g/mol. The predicted octanol–water partition coefficient (Wildman–Crippen LogP) is 3.45. The van der Waals surface area contributed by atoms with Gasteiger partial charge in [0, 0.05) is 24.5 Å². The van der Waals surface area contributed by atoms with Crippen LogP contribution in [0.25, 0.3) is 0 Å². The Balaban J connectivity index is 1.75. The van der Waals surface area contributed by atoms with Gasteiger partial charge in [-0.3, -0.25) is 0 Å². The number of hydrogen-bond donors (Lipinski definition) is 1. The van der Waals surface area contributed by atoms with E-state index < -0.39 is 0 Å². The first-order valence-electron chi connectivity index (χ1n) is 7.03. The van der Waals surface area contributed by atoms with Crippen LogP contribution >= 0.6 is 0 Å². The van der Waals surface area contributed by atoms with E-state index in [0.29, 0.717) is 12.1 Å². The summed E-state index contributed by atoms with van der Waals surface area (Å²) in [5, 5.41) is 3.55. The molecule has 3 unspecified atom stereocenters. The molecule has 3 heteroatoms. The lowest BCUT2D eigenvalue weighted by Crippen LogP contribution is -2.25. The van der Waals surface area contributed by atoms with E-state index in [1.807, 2.05) is 6.20 Å². The van der Waals surface area contributed by atoms with Crippen LogP contribution in [0.3, 0.4) is 0 Å². The zero-order chi connectivity index (χ0) is 11.8. The fourth-order valence-electron chi connectivity index (χ4n) is 3.17. The largest absolute Gasteiger partial charge is 0.353 e. The van der Waals surface area contributed by atoms with E-state index in [4.69, 9.17) is 0 Å². The van der Waals surface area contributed by atoms with Crippen molar-refractivity contribution in [3.05, 3.63) is 12.4 Å². The molecule has 17 heavy (non-hydrogen) atoms. The lowest BCUT2D eigenvalue weighted by molar-refractivity contribution is 0.209. The Morgan fingerprint density at radius 3 is 2.76 bits per heavy atom. The molecule has 2 aliphatic carbocycles. The summed E-state index contributed by atoms with van der Waals surface area (Å²) in [6.45, 7) is 4.77. The van der Waals surface area contributed by atoms with Crippen molar-refractivity contribution in [2.75, 3.05) is 5.32 Å². The molecule has 1 heterocycles. The fraction of sp³-hybridized carbons (Fsp3) is 0.786. The third-order valence-electron chi connectivity index (χ3n) is 4.32. The minimum Gasteiger partial charge on any atom is -0.353 e. The van der Waals surface area contributed by atoms with Crippen molar-refractivity contribution in [2.24, 2.45) is 11.8 Å². The first-order valence-corrected chi connectivity index (χ1v) is 7.03. The first-order chi connectivity index (χ1) is 8.24. The Morgan fingerprint density at radius 1 is 1.24 bits per heavy atom. The number of aromatic nitrogens is 2. The van der Waals surface area contributed by atoms with Crippen LogP contribution in [0, 0.1) is 11.8 Å². The van der Waals surface area contributed by atoms with Gasteiger partial charge < -0.3 is 9.88 Å². The van der Waals surface area contributed by atoms with Gasteiger partial charge in [0.15, 0.2) is 0 Å². The van der Waals surface area contributed by atoms with Gasteiger partial charge >= 0.3 is 0 Å². The van der Waals surface area contributed by atoms with Crippen LogP contribution in [0.1, 0.15) is 52.0 Å². The summed E-state index contributed by atoms with van der Waals surface area (Å²) in [7, 11) is 0. The quantitative estimate of drug-likeness (QED) is 0.866. The lowest BCUT2D eigenvalue weighted by Gasteiger charge is -2.34. The van der Waals surface area contributed by atoms with Crippen molar-refractivity contribution in [1.82, 2.24) is 9.55 Å². The van der Waals surface area contributed by atoms with E-state index in [1.54, 1.807) is 0 Å². The van der Waals surface area contributed by atoms with Gasteiger partial charge in [0.05, 0.1) is 0 Å². The van der Waals surface area contributed by atoms with Gasteiger partial charge in [-0.05, 0) is 43.9 Å². The highest BCUT2D eigenvalue weighted by Crippen LogP contribution is 2.38. The zero-order valence-corrected chi connectivity index (χ0v) is 10.9. The van der Waals surface area contributed by atoms with Crippen molar-refractivity contribution < 1.29 is 0 Å². The van der Waals surface area contributed by atoms with Gasteiger partial charge in [0.25, 0.3) is 0 Å². The molecule has 0 aliphatic heterocycles. The van der Waals surface area contributed by atoms with Crippen molar-refractivity contribution in [2.45, 2.75) is 58.0 Å². The van der Waals surface area contributed by atoms with Gasteiger partial charge in [0.2, 0.25) is 5.95 Å². The molecule has 0 aromatic carbocycles. The van der Waals surface area contributed by atoms with Gasteiger partial charge in [0.1, 0.15) is 0 Å². The van der Waals surface area contributed by atoms with Crippen LogP contribution in [-0.2, 0) is 0 Å². The first kappa shape index (κ1) is 11.1. The highest BCUT2D eigenvalue weighted by atomic mass is 15.2. The maximum atomic E-state index is 4.48. The van der Waals surface area contributed by atoms with Crippen molar-refractivity contribution in [3.63, 3.8) is 0 Å². The van der Waals surface area contributed by atoms with Crippen molar-refractivity contribution >= 4 is 5.95 Å². The van der Waals surface area contributed by atoms with E-state index in [1.165, 1.54) is 32.1 Å². The molecule has 2 fully saturated rings. The number of hydrogen-bond acceptors (Lipinski definition) is 2. The van der Waals surface area contributed by atoms with Crippen LogP contribution in [-0.4, -0.2) is 15.6 Å². The number of rotatable bonds is 3. The highest BCUT2D eigenvalue weighted by Gasteiger charge is 2.29. The molecule has 1 N–H and O–H groups in total. The smallest absolute Gasteiger partial charge is 0.203 e. The van der Waals surface area contributed by atoms with E-state index >= 15 is 0 Å². The molecule has 1 aromatic rings. The summed E-state index contributed by atoms with van der Waals surface area (Å²) in [5.74, 6) is 2.76. The summed E-state index contributed by atoms with van der Waals surface area (Å²) in [4.78, 5) is 4.48. The molecule has 2 aliphatic rings. The summed E-state index contributed by atoms with van der Waals surface area (Å²) in [6, 6.07) is 1.34. The molecule has 0 spiro atoms. The standard InChI is InChI=1S/C14H23N3/c1-10-3-6-13(11(2)9-10)17-8-7-15-14(17)16-12-4-5-12/h7-8,10-13H,3-6,9H2,1-2H3,(H,15,16). The second-order valence-corrected chi connectivity index (χ2v) is 6.04. The Bertz CT molecular complexity index is 381. The molecule has 0 radical (unpaired) electrons. The molecular formula is C14H23N3. The van der Waals surface area contributed by atoms with Crippen LogP contribution in [0.15, 0.2) is 12.4 Å². The van der Waals surface area contributed by atoms with Gasteiger partial charge in [-0.1, -0.05) is 13.8 Å². The topological polar surface area (TPSA) is 29.9 Å². The molecule has 0 amide bonds. The van der Waals surface area contributed by atoms with E-state index in [9.17, 15) is 0 Å². The summed E-state index contributed by atoms with van der Waals surface area (Å²) >= 11 is 0. The minimum atomic E-state index is 0.648. The summed E-state index contributed by atoms with van der Waals surface area (Å²) < 4.78 is 2.38. The number of nitrogens with zero attached hydrogens (tertiary/aromatic N) is 2. The van der Waals surface area contributed by atoms with E-state index in [0.717, 1.165) is 17.8 Å². The Morgan fingerprint density at radius 2 is 2.06 bits per heavy atom. The van der Waals surface area contributed by atoms with Crippen molar-refractivity contribution in [3.8, 4) is 0 Å². The van der Waals surface area contributed by atoms with Gasteiger partial charge in [-0.2, -0.15) is 0 Å². The van der Waals surface area contributed by atoms with Crippen LogP contribution in [0.2, 0.25) is 0 Å². The second-order valence-electron chi connectivity index (χ2n) is 6.04. The molecule has 3 rings (SSSR count). The number of imidazole rings is 1. The summed E-state index contributed by atoms with van der Waals surface area (Å²) in [6.07, 6.45) is 10.7. The molecule has 0 bridgehead atoms.